The Kier molecular flexibility index (Phi) is 5.46. The summed E-state index contributed by atoms with van der Waals surface area (Å²) in [5.74, 6) is -0.405. The van der Waals surface area contributed by atoms with Gasteiger partial charge in [-0.3, -0.25) is 4.79 Å². The molecule has 3 aromatic carbocycles. The molecule has 0 saturated carbocycles. The third-order valence-corrected chi connectivity index (χ3v) is 8.75. The van der Waals surface area contributed by atoms with Crippen LogP contribution >= 0.6 is 7.55 Å². The van der Waals surface area contributed by atoms with Crippen LogP contribution in [0.3, 0.4) is 0 Å². The largest absolute Gasteiger partial charge is 0.374 e. The van der Waals surface area contributed by atoms with E-state index in [0.29, 0.717) is 5.56 Å². The van der Waals surface area contributed by atoms with Crippen LogP contribution in [0, 0.1) is 0 Å². The van der Waals surface area contributed by atoms with Crippen molar-refractivity contribution in [3.8, 4) is 0 Å². The molecule has 156 valence electrons. The summed E-state index contributed by atoms with van der Waals surface area (Å²) in [6.45, 7) is 5.49. The van der Waals surface area contributed by atoms with Crippen LogP contribution in [0.2, 0.25) is 0 Å². The summed E-state index contributed by atoms with van der Waals surface area (Å²) >= 11 is 0. The number of benzene rings is 3. The molecule has 5 nitrogen and oxygen atoms in total. The molecule has 4 N–H and O–H groups in total. The van der Waals surface area contributed by atoms with Gasteiger partial charge in [-0.2, -0.15) is 0 Å². The van der Waals surface area contributed by atoms with E-state index in [1.165, 1.54) is 16.2 Å². The van der Waals surface area contributed by atoms with Crippen LogP contribution in [-0.4, -0.2) is 40.0 Å². The Morgan fingerprint density at radius 2 is 1.70 bits per heavy atom. The van der Waals surface area contributed by atoms with Gasteiger partial charge in [0.05, 0.1) is 0 Å². The van der Waals surface area contributed by atoms with Crippen molar-refractivity contribution in [1.29, 1.82) is 0 Å². The predicted molar refractivity (Wildman–Crippen MR) is 126 cm³/mol. The molecular weight excluding hydrogens is 395 g/mol. The van der Waals surface area contributed by atoms with Crippen LogP contribution in [0.4, 0.5) is 5.69 Å². The fraction of sp³-hybridized carbons (Fsp3) is 0.250. The lowest BCUT2D eigenvalue weighted by atomic mass is 9.95. The molecule has 0 aromatic heterocycles. The van der Waals surface area contributed by atoms with Crippen LogP contribution in [0.25, 0.3) is 10.8 Å². The van der Waals surface area contributed by atoms with Crippen molar-refractivity contribution in [2.45, 2.75) is 33.2 Å². The van der Waals surface area contributed by atoms with E-state index < -0.39 is 25.9 Å². The SMILES string of the molecule is CC[PH]1=C(c2ccc(N(C(C)O)C(C)O)cc2)c2ccc(C(N)=O)c3cccc1c23. The lowest BCUT2D eigenvalue weighted by molar-refractivity contribution is 0.100. The van der Waals surface area contributed by atoms with Gasteiger partial charge >= 0.3 is 0 Å². The number of carbonyl (C=O) groups excluding carboxylic acids is 1. The number of nitrogens with two attached hydrogens (primary N) is 1. The van der Waals surface area contributed by atoms with E-state index in [2.05, 4.69) is 25.1 Å². The first-order valence-electron chi connectivity index (χ1n) is 10.2. The lowest BCUT2D eigenvalue weighted by Crippen LogP contribution is -2.40. The summed E-state index contributed by atoms with van der Waals surface area (Å²) in [4.78, 5) is 13.5. The highest BCUT2D eigenvalue weighted by molar-refractivity contribution is 7.68. The topological polar surface area (TPSA) is 86.8 Å². The summed E-state index contributed by atoms with van der Waals surface area (Å²) in [7, 11) is -1.00. The van der Waals surface area contributed by atoms with E-state index in [-0.39, 0.29) is 0 Å². The molecule has 3 unspecified atom stereocenters. The normalized spacial score (nSPS) is 17.2. The van der Waals surface area contributed by atoms with Crippen LogP contribution in [-0.2, 0) is 0 Å². The van der Waals surface area contributed by atoms with E-state index >= 15 is 0 Å². The van der Waals surface area contributed by atoms with Crippen molar-refractivity contribution in [3.05, 3.63) is 71.3 Å². The van der Waals surface area contributed by atoms with E-state index in [1.54, 1.807) is 18.7 Å². The quantitative estimate of drug-likeness (QED) is 0.421. The van der Waals surface area contributed by atoms with Gasteiger partial charge in [0.25, 0.3) is 0 Å². The van der Waals surface area contributed by atoms with Gasteiger partial charge in [-0.25, -0.2) is 0 Å². The van der Waals surface area contributed by atoms with Crippen LogP contribution in [0.1, 0.15) is 42.3 Å². The Morgan fingerprint density at radius 3 is 2.27 bits per heavy atom. The number of hydrogen-bond acceptors (Lipinski definition) is 4. The highest BCUT2D eigenvalue weighted by atomic mass is 31.1. The summed E-state index contributed by atoms with van der Waals surface area (Å²) in [6.07, 6.45) is -0.555. The Hall–Kier alpha value is -2.59. The molecule has 1 aliphatic rings. The fourth-order valence-electron chi connectivity index (χ4n) is 4.62. The first-order chi connectivity index (χ1) is 14.3. The Morgan fingerprint density at radius 1 is 1.03 bits per heavy atom. The summed E-state index contributed by atoms with van der Waals surface area (Å²) < 4.78 is 0. The number of amides is 1. The Balaban J connectivity index is 1.87. The third kappa shape index (κ3) is 3.24. The number of rotatable bonds is 6. The first-order valence-corrected chi connectivity index (χ1v) is 11.9. The van der Waals surface area contributed by atoms with Gasteiger partial charge in [-0.15, -0.1) is 0 Å². The van der Waals surface area contributed by atoms with Gasteiger partial charge in [0.1, 0.15) is 12.5 Å². The van der Waals surface area contributed by atoms with Gasteiger partial charge in [-0.05, 0) is 70.7 Å². The van der Waals surface area contributed by atoms with Crippen LogP contribution in [0.15, 0.2) is 54.6 Å². The van der Waals surface area contributed by atoms with Gasteiger partial charge in [0.15, 0.2) is 0 Å². The van der Waals surface area contributed by atoms with Gasteiger partial charge in [-0.1, -0.05) is 50.9 Å². The number of nitrogens with zero attached hydrogens (tertiary/aromatic N) is 1. The molecule has 3 atom stereocenters. The van der Waals surface area contributed by atoms with Gasteiger partial charge in [0, 0.05) is 11.3 Å². The monoisotopic (exact) mass is 422 g/mol. The second-order valence-corrected chi connectivity index (χ2v) is 10.4. The second kappa shape index (κ2) is 7.92. The van der Waals surface area contributed by atoms with Crippen molar-refractivity contribution in [1.82, 2.24) is 0 Å². The standard InChI is InChI=1S/C24H27N2O3P/c1-4-30-21-7-5-6-18-19(24(25)29)12-13-20(22(18)21)23(30)16-8-10-17(11-9-16)26(14(2)27)15(3)28/h5-15,27-28,30H,4H2,1-3H3,(H2,25,29). The summed E-state index contributed by atoms with van der Waals surface area (Å²) in [5, 5.41) is 24.8. The molecule has 0 aliphatic carbocycles. The predicted octanol–water partition coefficient (Wildman–Crippen LogP) is 2.86. The number of anilines is 1. The van der Waals surface area contributed by atoms with Gasteiger partial charge < -0.3 is 20.8 Å². The van der Waals surface area contributed by atoms with E-state index in [1.807, 2.05) is 36.4 Å². The zero-order chi connectivity index (χ0) is 21.6. The second-order valence-electron chi connectivity index (χ2n) is 7.68. The maximum atomic E-state index is 11.9. The van der Waals surface area contributed by atoms with E-state index in [0.717, 1.165) is 28.2 Å². The minimum Gasteiger partial charge on any atom is -0.374 e. The van der Waals surface area contributed by atoms with Crippen molar-refractivity contribution in [2.24, 2.45) is 5.73 Å². The zero-order valence-corrected chi connectivity index (χ0v) is 18.4. The fourth-order valence-corrected chi connectivity index (χ4v) is 7.54. The molecule has 0 saturated heterocycles. The molecule has 30 heavy (non-hydrogen) atoms. The Bertz CT molecular complexity index is 1160. The lowest BCUT2D eigenvalue weighted by Gasteiger charge is -2.30. The van der Waals surface area contributed by atoms with Crippen molar-refractivity contribution in [2.75, 3.05) is 11.1 Å². The zero-order valence-electron chi connectivity index (χ0n) is 17.4. The number of hydrogen-bond donors (Lipinski definition) is 3. The summed E-state index contributed by atoms with van der Waals surface area (Å²) in [6, 6.07) is 18.0. The average Bonchev–Trinajstić information content (AvgIpc) is 3.03. The minimum atomic E-state index is -1.00. The maximum Gasteiger partial charge on any atom is 0.249 e. The van der Waals surface area contributed by atoms with Crippen molar-refractivity contribution < 1.29 is 15.0 Å². The molecule has 1 amide bonds. The molecule has 0 bridgehead atoms. The molecule has 6 heteroatoms. The first kappa shape index (κ1) is 20.7. The highest BCUT2D eigenvalue weighted by Crippen LogP contribution is 2.42. The van der Waals surface area contributed by atoms with E-state index in [4.69, 9.17) is 5.73 Å². The molecule has 1 heterocycles. The third-order valence-electron chi connectivity index (χ3n) is 5.82. The van der Waals surface area contributed by atoms with Gasteiger partial charge in [0.2, 0.25) is 5.91 Å². The number of aliphatic hydroxyl groups excluding tert-OH is 2. The average molecular weight is 422 g/mol. The smallest absolute Gasteiger partial charge is 0.249 e. The van der Waals surface area contributed by atoms with Crippen molar-refractivity contribution in [3.63, 3.8) is 0 Å². The molecule has 3 aromatic rings. The maximum absolute atomic E-state index is 11.9. The van der Waals surface area contributed by atoms with E-state index in [9.17, 15) is 15.0 Å². The molecule has 0 radical (unpaired) electrons. The van der Waals surface area contributed by atoms with Crippen LogP contribution < -0.4 is 15.9 Å². The summed E-state index contributed by atoms with van der Waals surface area (Å²) in [5.41, 5.74) is 9.26. The number of primary amides is 1. The molecule has 0 fully saturated rings. The molecular formula is C24H27N2O3P. The number of carbonyl (C=O) groups is 1. The highest BCUT2D eigenvalue weighted by Gasteiger charge is 2.25. The van der Waals surface area contributed by atoms with Crippen molar-refractivity contribution >= 4 is 40.5 Å². The minimum absolute atomic E-state index is 0.405. The Labute approximate surface area is 177 Å². The molecule has 1 aliphatic heterocycles. The molecule has 0 spiro atoms. The van der Waals surface area contributed by atoms with Crippen LogP contribution in [0.5, 0.6) is 0 Å². The molecule has 4 rings (SSSR count). The number of aliphatic hydroxyl groups is 2.